The van der Waals surface area contributed by atoms with Crippen molar-refractivity contribution in [2.45, 2.75) is 70.3 Å². The third-order valence-corrected chi connectivity index (χ3v) is 5.45. The quantitative estimate of drug-likeness (QED) is 0.850. The van der Waals surface area contributed by atoms with E-state index in [4.69, 9.17) is 0 Å². The van der Waals surface area contributed by atoms with Crippen molar-refractivity contribution in [2.75, 3.05) is 6.54 Å². The van der Waals surface area contributed by atoms with Gasteiger partial charge in [0, 0.05) is 42.6 Å². The summed E-state index contributed by atoms with van der Waals surface area (Å²) in [4.78, 5) is 14.9. The lowest BCUT2D eigenvalue weighted by Gasteiger charge is -2.30. The highest BCUT2D eigenvalue weighted by molar-refractivity contribution is 5.79. The van der Waals surface area contributed by atoms with Gasteiger partial charge in [0.1, 0.15) is 0 Å². The van der Waals surface area contributed by atoms with Gasteiger partial charge >= 0.3 is 0 Å². The van der Waals surface area contributed by atoms with E-state index in [1.165, 1.54) is 55.5 Å². The van der Waals surface area contributed by atoms with Gasteiger partial charge in [-0.15, -0.1) is 0 Å². The van der Waals surface area contributed by atoms with E-state index in [1.807, 2.05) is 0 Å². The Kier molecular flexibility index (Phi) is 3.48. The molecule has 114 valence electrons. The summed E-state index contributed by atoms with van der Waals surface area (Å²) in [6, 6.07) is 0. The number of carbonyl (C=O) groups is 1. The van der Waals surface area contributed by atoms with E-state index in [0.29, 0.717) is 11.8 Å². The SMILES string of the molecule is O=C(C1CCCCCC1)N1CCc2[nH]nc(C3CC3)c2C1. The first kappa shape index (κ1) is 13.4. The Morgan fingerprint density at radius 1 is 1.10 bits per heavy atom. The Morgan fingerprint density at radius 2 is 1.86 bits per heavy atom. The second-order valence-electron chi connectivity index (χ2n) is 7.04. The summed E-state index contributed by atoms with van der Waals surface area (Å²) < 4.78 is 0. The van der Waals surface area contributed by atoms with Crippen molar-refractivity contribution in [1.82, 2.24) is 15.1 Å². The number of aromatic nitrogens is 2. The fourth-order valence-electron chi connectivity index (χ4n) is 3.98. The predicted octanol–water partition coefficient (Wildman–Crippen LogP) is 3.14. The normalized spacial score (nSPS) is 23.7. The molecular weight excluding hydrogens is 262 g/mol. The van der Waals surface area contributed by atoms with Crippen LogP contribution < -0.4 is 0 Å². The minimum absolute atomic E-state index is 0.283. The molecule has 0 spiro atoms. The number of carbonyl (C=O) groups excluding carboxylic acids is 1. The van der Waals surface area contributed by atoms with Gasteiger partial charge < -0.3 is 4.90 Å². The van der Waals surface area contributed by atoms with Crippen molar-refractivity contribution in [3.8, 4) is 0 Å². The van der Waals surface area contributed by atoms with Gasteiger partial charge in [-0.1, -0.05) is 25.7 Å². The average molecular weight is 287 g/mol. The topological polar surface area (TPSA) is 49.0 Å². The van der Waals surface area contributed by atoms with Gasteiger partial charge in [-0.2, -0.15) is 5.10 Å². The highest BCUT2D eigenvalue weighted by atomic mass is 16.2. The maximum Gasteiger partial charge on any atom is 0.225 e. The van der Waals surface area contributed by atoms with Crippen LogP contribution in [0.5, 0.6) is 0 Å². The number of nitrogens with zero attached hydrogens (tertiary/aromatic N) is 2. The number of aromatic amines is 1. The molecule has 0 atom stereocenters. The molecule has 2 saturated carbocycles. The fourth-order valence-corrected chi connectivity index (χ4v) is 3.98. The molecule has 1 amide bonds. The number of fused-ring (bicyclic) bond motifs is 1. The Bertz CT molecular complexity index is 524. The molecule has 4 heteroatoms. The summed E-state index contributed by atoms with van der Waals surface area (Å²) in [6.07, 6.45) is 10.8. The summed E-state index contributed by atoms with van der Waals surface area (Å²) in [7, 11) is 0. The molecule has 2 fully saturated rings. The molecule has 21 heavy (non-hydrogen) atoms. The molecule has 1 N–H and O–H groups in total. The van der Waals surface area contributed by atoms with Crippen LogP contribution in [0.1, 0.15) is 74.2 Å². The molecular formula is C17H25N3O. The van der Waals surface area contributed by atoms with Crippen LogP contribution in [0.4, 0.5) is 0 Å². The first-order chi connectivity index (χ1) is 10.3. The molecule has 2 aliphatic carbocycles. The van der Waals surface area contributed by atoms with E-state index in [9.17, 15) is 4.79 Å². The predicted molar refractivity (Wildman–Crippen MR) is 80.9 cm³/mol. The first-order valence-corrected chi connectivity index (χ1v) is 8.67. The number of amides is 1. The second kappa shape index (κ2) is 5.47. The summed E-state index contributed by atoms with van der Waals surface area (Å²) in [5.74, 6) is 1.36. The van der Waals surface area contributed by atoms with Crippen molar-refractivity contribution in [3.63, 3.8) is 0 Å². The highest BCUT2D eigenvalue weighted by Crippen LogP contribution is 2.42. The van der Waals surface area contributed by atoms with Crippen molar-refractivity contribution < 1.29 is 4.79 Å². The van der Waals surface area contributed by atoms with Crippen molar-refractivity contribution in [1.29, 1.82) is 0 Å². The third kappa shape index (κ3) is 2.60. The minimum Gasteiger partial charge on any atom is -0.338 e. The molecule has 4 nitrogen and oxygen atoms in total. The number of hydrogen-bond donors (Lipinski definition) is 1. The third-order valence-electron chi connectivity index (χ3n) is 5.45. The minimum atomic E-state index is 0.283. The van der Waals surface area contributed by atoms with Crippen LogP contribution in [0, 0.1) is 5.92 Å². The molecule has 3 aliphatic rings. The Hall–Kier alpha value is -1.32. The van der Waals surface area contributed by atoms with E-state index in [2.05, 4.69) is 15.1 Å². The van der Waals surface area contributed by atoms with Crippen LogP contribution in [0.3, 0.4) is 0 Å². The van der Waals surface area contributed by atoms with Gasteiger partial charge in [0.15, 0.2) is 0 Å². The van der Waals surface area contributed by atoms with Gasteiger partial charge in [0.2, 0.25) is 5.91 Å². The van der Waals surface area contributed by atoms with Crippen molar-refractivity contribution in [3.05, 3.63) is 17.0 Å². The molecule has 1 aromatic heterocycles. The van der Waals surface area contributed by atoms with Crippen LogP contribution in [0.2, 0.25) is 0 Å². The Labute approximate surface area is 126 Å². The molecule has 0 radical (unpaired) electrons. The van der Waals surface area contributed by atoms with Gasteiger partial charge in [-0.25, -0.2) is 0 Å². The maximum absolute atomic E-state index is 12.8. The fraction of sp³-hybridized carbons (Fsp3) is 0.765. The van der Waals surface area contributed by atoms with Crippen molar-refractivity contribution >= 4 is 5.91 Å². The van der Waals surface area contributed by atoms with Crippen LogP contribution in [-0.4, -0.2) is 27.5 Å². The smallest absolute Gasteiger partial charge is 0.225 e. The molecule has 0 bridgehead atoms. The van der Waals surface area contributed by atoms with Crippen LogP contribution in [0.25, 0.3) is 0 Å². The van der Waals surface area contributed by atoms with Gasteiger partial charge in [0.25, 0.3) is 0 Å². The van der Waals surface area contributed by atoms with Gasteiger partial charge in [0.05, 0.1) is 5.69 Å². The zero-order valence-corrected chi connectivity index (χ0v) is 12.7. The van der Waals surface area contributed by atoms with Gasteiger partial charge in [-0.05, 0) is 25.7 Å². The van der Waals surface area contributed by atoms with Gasteiger partial charge in [-0.3, -0.25) is 9.89 Å². The molecule has 1 aliphatic heterocycles. The lowest BCUT2D eigenvalue weighted by Crippen LogP contribution is -2.39. The van der Waals surface area contributed by atoms with E-state index in [0.717, 1.165) is 32.4 Å². The summed E-state index contributed by atoms with van der Waals surface area (Å²) >= 11 is 0. The number of hydrogen-bond acceptors (Lipinski definition) is 2. The Balaban J connectivity index is 1.48. The number of H-pyrrole nitrogens is 1. The van der Waals surface area contributed by atoms with E-state index in [1.54, 1.807) is 0 Å². The largest absolute Gasteiger partial charge is 0.338 e. The van der Waals surface area contributed by atoms with Crippen molar-refractivity contribution in [2.24, 2.45) is 5.92 Å². The van der Waals surface area contributed by atoms with Crippen LogP contribution in [-0.2, 0) is 17.8 Å². The molecule has 2 heterocycles. The molecule has 4 rings (SSSR count). The van der Waals surface area contributed by atoms with E-state index < -0.39 is 0 Å². The first-order valence-electron chi connectivity index (χ1n) is 8.67. The van der Waals surface area contributed by atoms with Crippen LogP contribution in [0.15, 0.2) is 0 Å². The lowest BCUT2D eigenvalue weighted by molar-refractivity contribution is -0.136. The number of rotatable bonds is 2. The standard InChI is InChI=1S/C17H25N3O/c21-17(13-5-3-1-2-4-6-13)20-10-9-15-14(11-20)16(19-18-15)12-7-8-12/h12-13H,1-11H2,(H,18,19). The van der Waals surface area contributed by atoms with E-state index >= 15 is 0 Å². The molecule has 1 aromatic rings. The summed E-state index contributed by atoms with van der Waals surface area (Å²) in [6.45, 7) is 1.67. The highest BCUT2D eigenvalue weighted by Gasteiger charge is 2.34. The van der Waals surface area contributed by atoms with Crippen LogP contribution >= 0.6 is 0 Å². The maximum atomic E-state index is 12.8. The molecule has 0 saturated heterocycles. The second-order valence-corrected chi connectivity index (χ2v) is 7.04. The zero-order chi connectivity index (χ0) is 14.2. The molecule has 0 aromatic carbocycles. The summed E-state index contributed by atoms with van der Waals surface area (Å²) in [5, 5.41) is 7.73. The lowest BCUT2D eigenvalue weighted by atomic mass is 9.96. The molecule has 0 unspecified atom stereocenters. The summed E-state index contributed by atoms with van der Waals surface area (Å²) in [5.41, 5.74) is 3.87. The monoisotopic (exact) mass is 287 g/mol. The average Bonchev–Trinajstić information content (AvgIpc) is 3.31. The zero-order valence-electron chi connectivity index (χ0n) is 12.7. The van der Waals surface area contributed by atoms with E-state index in [-0.39, 0.29) is 5.92 Å². The Morgan fingerprint density at radius 3 is 2.57 bits per heavy atom. The number of nitrogens with one attached hydrogen (secondary N) is 1.